The van der Waals surface area contributed by atoms with Crippen LogP contribution in [0.3, 0.4) is 0 Å². The Morgan fingerprint density at radius 1 is 1.62 bits per heavy atom. The highest BCUT2D eigenvalue weighted by atomic mass is 16.6. The summed E-state index contributed by atoms with van der Waals surface area (Å²) in [6, 6.07) is 4.28. The monoisotopic (exact) mass is 226 g/mol. The first-order valence-electron chi connectivity index (χ1n) is 4.89. The average molecular weight is 226 g/mol. The maximum Gasteiger partial charge on any atom is 0.292 e. The van der Waals surface area contributed by atoms with Gasteiger partial charge in [-0.25, -0.2) is 0 Å². The van der Waals surface area contributed by atoms with Gasteiger partial charge in [0.05, 0.1) is 4.92 Å². The van der Waals surface area contributed by atoms with Gasteiger partial charge in [0.15, 0.2) is 6.29 Å². The Morgan fingerprint density at radius 3 is 2.81 bits per heavy atom. The zero-order valence-corrected chi connectivity index (χ0v) is 9.14. The molecule has 0 aliphatic carbocycles. The van der Waals surface area contributed by atoms with E-state index in [0.29, 0.717) is 17.9 Å². The number of hydrogen-bond donors (Lipinski definition) is 2. The van der Waals surface area contributed by atoms with E-state index >= 15 is 0 Å². The molecule has 0 aromatic heterocycles. The summed E-state index contributed by atoms with van der Waals surface area (Å²) in [4.78, 5) is 10.2. The summed E-state index contributed by atoms with van der Waals surface area (Å²) < 4.78 is 5.13. The number of nitro groups is 1. The van der Waals surface area contributed by atoms with Crippen LogP contribution in [0.2, 0.25) is 0 Å². The van der Waals surface area contributed by atoms with Crippen molar-refractivity contribution in [3.63, 3.8) is 0 Å². The molecular weight excluding hydrogens is 212 g/mol. The Balaban J connectivity index is 2.95. The topological polar surface area (TPSA) is 84.6 Å². The second kappa shape index (κ2) is 5.32. The van der Waals surface area contributed by atoms with Crippen LogP contribution in [-0.2, 0) is 0 Å². The number of benzene rings is 1. The lowest BCUT2D eigenvalue weighted by atomic mass is 10.2. The van der Waals surface area contributed by atoms with Crippen molar-refractivity contribution < 1.29 is 14.8 Å². The maximum absolute atomic E-state index is 10.6. The summed E-state index contributed by atoms with van der Waals surface area (Å²) in [7, 11) is 1.59. The quantitative estimate of drug-likeness (QED) is 0.454. The molecule has 0 radical (unpaired) electrons. The fourth-order valence-electron chi connectivity index (χ4n) is 1.19. The third kappa shape index (κ3) is 2.83. The lowest BCUT2D eigenvalue weighted by Gasteiger charge is -2.12. The summed E-state index contributed by atoms with van der Waals surface area (Å²) in [6.07, 6.45) is -0.447. The molecule has 0 amide bonds. The van der Waals surface area contributed by atoms with Gasteiger partial charge in [0.2, 0.25) is 0 Å². The molecule has 16 heavy (non-hydrogen) atoms. The van der Waals surface area contributed by atoms with Crippen LogP contribution in [0, 0.1) is 10.1 Å². The van der Waals surface area contributed by atoms with Gasteiger partial charge in [-0.05, 0) is 6.07 Å². The first kappa shape index (κ1) is 12.3. The normalized spacial score (nSPS) is 11.9. The summed E-state index contributed by atoms with van der Waals surface area (Å²) in [5.74, 6) is 0.393. The van der Waals surface area contributed by atoms with E-state index in [9.17, 15) is 15.2 Å². The van der Waals surface area contributed by atoms with Crippen molar-refractivity contribution in [1.29, 1.82) is 0 Å². The molecule has 0 bridgehead atoms. The van der Waals surface area contributed by atoms with Crippen LogP contribution >= 0.6 is 0 Å². The van der Waals surface area contributed by atoms with Gasteiger partial charge < -0.3 is 15.2 Å². The summed E-state index contributed by atoms with van der Waals surface area (Å²) in [6.45, 7) is 1.77. The molecule has 0 saturated carbocycles. The second-order valence-electron chi connectivity index (χ2n) is 3.17. The third-order valence-electron chi connectivity index (χ3n) is 2.06. The maximum atomic E-state index is 10.6. The summed E-state index contributed by atoms with van der Waals surface area (Å²) in [5, 5.41) is 22.6. The molecule has 6 heteroatoms. The van der Waals surface area contributed by atoms with E-state index < -0.39 is 11.2 Å². The second-order valence-corrected chi connectivity index (χ2v) is 3.17. The fourth-order valence-corrected chi connectivity index (χ4v) is 1.19. The SMILES string of the molecule is CCC(O)Oc1ccc([N+](=O)[O-])c(NC)c1. The average Bonchev–Trinajstić information content (AvgIpc) is 2.28. The molecule has 2 N–H and O–H groups in total. The molecule has 0 saturated heterocycles. The summed E-state index contributed by atoms with van der Waals surface area (Å²) in [5.41, 5.74) is 0.326. The minimum Gasteiger partial charge on any atom is -0.465 e. The van der Waals surface area contributed by atoms with Gasteiger partial charge in [0, 0.05) is 25.6 Å². The van der Waals surface area contributed by atoms with Gasteiger partial charge in [0.1, 0.15) is 11.4 Å². The van der Waals surface area contributed by atoms with Crippen molar-refractivity contribution in [3.05, 3.63) is 28.3 Å². The molecule has 0 heterocycles. The zero-order chi connectivity index (χ0) is 12.1. The highest BCUT2D eigenvalue weighted by Crippen LogP contribution is 2.28. The van der Waals surface area contributed by atoms with Gasteiger partial charge in [-0.2, -0.15) is 0 Å². The molecule has 6 nitrogen and oxygen atoms in total. The molecule has 1 rings (SSSR count). The van der Waals surface area contributed by atoms with E-state index in [-0.39, 0.29) is 5.69 Å². The predicted octanol–water partition coefficient (Wildman–Crippen LogP) is 1.74. The molecule has 0 aliphatic rings. The van der Waals surface area contributed by atoms with Gasteiger partial charge in [-0.15, -0.1) is 0 Å². The number of rotatable bonds is 5. The smallest absolute Gasteiger partial charge is 0.292 e. The molecule has 0 aliphatic heterocycles. The van der Waals surface area contributed by atoms with Crippen molar-refractivity contribution in [3.8, 4) is 5.75 Å². The lowest BCUT2D eigenvalue weighted by Crippen LogP contribution is -2.13. The molecule has 88 valence electrons. The van der Waals surface area contributed by atoms with Gasteiger partial charge >= 0.3 is 0 Å². The third-order valence-corrected chi connectivity index (χ3v) is 2.06. The molecule has 0 spiro atoms. The molecule has 0 fully saturated rings. The number of nitrogens with one attached hydrogen (secondary N) is 1. The minimum absolute atomic E-state index is 0.0270. The van der Waals surface area contributed by atoms with Crippen LogP contribution < -0.4 is 10.1 Å². The Morgan fingerprint density at radius 2 is 2.31 bits per heavy atom. The van der Waals surface area contributed by atoms with Gasteiger partial charge in [0.25, 0.3) is 5.69 Å². The Bertz CT molecular complexity index is 381. The predicted molar refractivity (Wildman–Crippen MR) is 59.6 cm³/mol. The molecule has 1 aromatic rings. The number of hydrogen-bond acceptors (Lipinski definition) is 5. The van der Waals surface area contributed by atoms with Crippen LogP contribution in [0.4, 0.5) is 11.4 Å². The van der Waals surface area contributed by atoms with E-state index in [1.54, 1.807) is 14.0 Å². The number of nitro benzene ring substituents is 1. The lowest BCUT2D eigenvalue weighted by molar-refractivity contribution is -0.384. The Labute approximate surface area is 93.0 Å². The van der Waals surface area contributed by atoms with Gasteiger partial charge in [-0.3, -0.25) is 10.1 Å². The highest BCUT2D eigenvalue weighted by molar-refractivity contribution is 5.63. The number of anilines is 1. The van der Waals surface area contributed by atoms with E-state index in [1.165, 1.54) is 18.2 Å². The first-order valence-corrected chi connectivity index (χ1v) is 4.89. The van der Waals surface area contributed by atoms with Crippen LogP contribution in [0.15, 0.2) is 18.2 Å². The number of aliphatic hydroxyl groups is 1. The van der Waals surface area contributed by atoms with E-state index in [4.69, 9.17) is 4.74 Å². The van der Waals surface area contributed by atoms with E-state index in [2.05, 4.69) is 5.32 Å². The molecule has 1 atom stereocenters. The van der Waals surface area contributed by atoms with Crippen molar-refractivity contribution in [2.75, 3.05) is 12.4 Å². The molecule has 1 aromatic carbocycles. The van der Waals surface area contributed by atoms with Crippen LogP contribution in [0.5, 0.6) is 5.75 Å². The van der Waals surface area contributed by atoms with Crippen LogP contribution in [-0.4, -0.2) is 23.4 Å². The van der Waals surface area contributed by atoms with Crippen molar-refractivity contribution in [1.82, 2.24) is 0 Å². The van der Waals surface area contributed by atoms with Crippen LogP contribution in [0.25, 0.3) is 0 Å². The Kier molecular flexibility index (Phi) is 4.07. The summed E-state index contributed by atoms with van der Waals surface area (Å²) >= 11 is 0. The van der Waals surface area contributed by atoms with Gasteiger partial charge in [-0.1, -0.05) is 6.92 Å². The zero-order valence-electron chi connectivity index (χ0n) is 9.14. The standard InChI is InChI=1S/C10H14N2O4/c1-3-10(13)16-7-4-5-9(12(14)15)8(6-7)11-2/h4-6,10-11,13H,3H2,1-2H3. The number of ether oxygens (including phenoxy) is 1. The molecular formula is C10H14N2O4. The van der Waals surface area contributed by atoms with E-state index in [1.807, 2.05) is 0 Å². The molecule has 1 unspecified atom stereocenters. The fraction of sp³-hybridized carbons (Fsp3) is 0.400. The first-order chi connectivity index (χ1) is 7.58. The van der Waals surface area contributed by atoms with Crippen molar-refractivity contribution >= 4 is 11.4 Å². The number of nitrogens with zero attached hydrogens (tertiary/aromatic N) is 1. The highest BCUT2D eigenvalue weighted by Gasteiger charge is 2.14. The number of aliphatic hydroxyl groups excluding tert-OH is 1. The van der Waals surface area contributed by atoms with Crippen LogP contribution in [0.1, 0.15) is 13.3 Å². The largest absolute Gasteiger partial charge is 0.465 e. The van der Waals surface area contributed by atoms with Crippen molar-refractivity contribution in [2.24, 2.45) is 0 Å². The minimum atomic E-state index is -0.897. The van der Waals surface area contributed by atoms with Crippen molar-refractivity contribution in [2.45, 2.75) is 19.6 Å². The van der Waals surface area contributed by atoms with E-state index in [0.717, 1.165) is 0 Å². The Hall–Kier alpha value is -1.82.